The molecule has 31 heavy (non-hydrogen) atoms. The lowest BCUT2D eigenvalue weighted by Crippen LogP contribution is -2.39. The SMILES string of the molecule is CCS(=O)(=O)N(CC(=O)Nc1ccc(N2CCCC2=O)cc1)c1ccc2c(c1)OCO2. The lowest BCUT2D eigenvalue weighted by atomic mass is 10.2. The summed E-state index contributed by atoms with van der Waals surface area (Å²) in [5.41, 5.74) is 1.61. The second-order valence-corrected chi connectivity index (χ2v) is 9.37. The third-order valence-electron chi connectivity index (χ3n) is 5.17. The molecule has 0 bridgehead atoms. The van der Waals surface area contributed by atoms with Crippen molar-refractivity contribution in [1.82, 2.24) is 0 Å². The quantitative estimate of drug-likeness (QED) is 0.701. The molecular formula is C21H23N3O6S. The van der Waals surface area contributed by atoms with Crippen molar-refractivity contribution in [3.63, 3.8) is 0 Å². The summed E-state index contributed by atoms with van der Waals surface area (Å²) in [6, 6.07) is 11.7. The number of benzene rings is 2. The predicted molar refractivity (Wildman–Crippen MR) is 116 cm³/mol. The summed E-state index contributed by atoms with van der Waals surface area (Å²) >= 11 is 0. The van der Waals surface area contributed by atoms with Gasteiger partial charge in [0.15, 0.2) is 11.5 Å². The number of fused-ring (bicyclic) bond motifs is 1. The Hall–Kier alpha value is -3.27. The highest BCUT2D eigenvalue weighted by atomic mass is 32.2. The minimum Gasteiger partial charge on any atom is -0.454 e. The summed E-state index contributed by atoms with van der Waals surface area (Å²) < 4.78 is 36.9. The molecule has 0 aromatic heterocycles. The Morgan fingerprint density at radius 1 is 1.13 bits per heavy atom. The molecule has 2 amide bonds. The number of amides is 2. The van der Waals surface area contributed by atoms with Crippen molar-refractivity contribution >= 4 is 38.9 Å². The Bertz CT molecular complexity index is 1100. The van der Waals surface area contributed by atoms with Crippen LogP contribution in [0.4, 0.5) is 17.1 Å². The van der Waals surface area contributed by atoms with Crippen LogP contribution < -0.4 is 24.0 Å². The summed E-state index contributed by atoms with van der Waals surface area (Å²) in [6.45, 7) is 1.89. The number of hydrogen-bond acceptors (Lipinski definition) is 6. The first-order valence-electron chi connectivity index (χ1n) is 9.98. The smallest absolute Gasteiger partial charge is 0.245 e. The van der Waals surface area contributed by atoms with Gasteiger partial charge in [0.05, 0.1) is 11.4 Å². The topological polar surface area (TPSA) is 105 Å². The van der Waals surface area contributed by atoms with Gasteiger partial charge in [0, 0.05) is 30.4 Å². The van der Waals surface area contributed by atoms with E-state index in [2.05, 4.69) is 5.32 Å². The summed E-state index contributed by atoms with van der Waals surface area (Å²) in [7, 11) is -3.71. The fourth-order valence-electron chi connectivity index (χ4n) is 3.52. The van der Waals surface area contributed by atoms with Crippen molar-refractivity contribution in [3.8, 4) is 11.5 Å². The Balaban J connectivity index is 1.48. The van der Waals surface area contributed by atoms with E-state index in [0.717, 1.165) is 16.4 Å². The fourth-order valence-corrected chi connectivity index (χ4v) is 4.58. The van der Waals surface area contributed by atoms with E-state index in [1.54, 1.807) is 47.4 Å². The van der Waals surface area contributed by atoms with Gasteiger partial charge in [-0.15, -0.1) is 0 Å². The molecule has 0 saturated carbocycles. The molecule has 0 radical (unpaired) electrons. The maximum atomic E-state index is 12.6. The van der Waals surface area contributed by atoms with E-state index in [-0.39, 0.29) is 25.0 Å². The second-order valence-electron chi connectivity index (χ2n) is 7.19. The molecule has 4 rings (SSSR count). The third-order valence-corrected chi connectivity index (χ3v) is 6.91. The molecule has 0 aliphatic carbocycles. The maximum Gasteiger partial charge on any atom is 0.245 e. The number of nitrogens with zero attached hydrogens (tertiary/aromatic N) is 2. The standard InChI is InChI=1S/C21H23N3O6S/c1-2-31(27,28)24(17-9-10-18-19(12-17)30-14-29-18)13-20(25)22-15-5-7-16(8-6-15)23-11-3-4-21(23)26/h5-10,12H,2-4,11,13-14H2,1H3,(H,22,25). The molecular weight excluding hydrogens is 422 g/mol. The van der Waals surface area contributed by atoms with E-state index < -0.39 is 15.9 Å². The van der Waals surface area contributed by atoms with E-state index in [1.807, 2.05) is 0 Å². The van der Waals surface area contributed by atoms with E-state index in [1.165, 1.54) is 6.92 Å². The van der Waals surface area contributed by atoms with Gasteiger partial charge in [0.2, 0.25) is 28.6 Å². The van der Waals surface area contributed by atoms with Crippen LogP contribution in [-0.4, -0.2) is 45.9 Å². The molecule has 2 aromatic rings. The zero-order valence-corrected chi connectivity index (χ0v) is 17.9. The van der Waals surface area contributed by atoms with Crippen LogP contribution in [0.1, 0.15) is 19.8 Å². The number of anilines is 3. The number of carbonyl (C=O) groups excluding carboxylic acids is 2. The molecule has 0 unspecified atom stereocenters. The fraction of sp³-hybridized carbons (Fsp3) is 0.333. The van der Waals surface area contributed by atoms with E-state index in [9.17, 15) is 18.0 Å². The molecule has 0 atom stereocenters. The molecule has 1 saturated heterocycles. The van der Waals surface area contributed by atoms with Crippen molar-refractivity contribution in [2.45, 2.75) is 19.8 Å². The van der Waals surface area contributed by atoms with Crippen LogP contribution in [0.25, 0.3) is 0 Å². The van der Waals surface area contributed by atoms with Gasteiger partial charge in [-0.05, 0) is 49.7 Å². The predicted octanol–water partition coefficient (Wildman–Crippen LogP) is 2.34. The lowest BCUT2D eigenvalue weighted by Gasteiger charge is -2.23. The highest BCUT2D eigenvalue weighted by molar-refractivity contribution is 7.92. The van der Waals surface area contributed by atoms with Crippen molar-refractivity contribution in [1.29, 1.82) is 0 Å². The Morgan fingerprint density at radius 3 is 2.55 bits per heavy atom. The molecule has 0 spiro atoms. The first-order valence-corrected chi connectivity index (χ1v) is 11.6. The van der Waals surface area contributed by atoms with Gasteiger partial charge in [-0.25, -0.2) is 8.42 Å². The van der Waals surface area contributed by atoms with Crippen LogP contribution in [0.3, 0.4) is 0 Å². The van der Waals surface area contributed by atoms with Crippen molar-refractivity contribution < 1.29 is 27.5 Å². The summed E-state index contributed by atoms with van der Waals surface area (Å²) in [6.07, 6.45) is 1.37. The zero-order chi connectivity index (χ0) is 22.0. The second kappa shape index (κ2) is 8.46. The number of hydrogen-bond donors (Lipinski definition) is 1. The van der Waals surface area contributed by atoms with E-state index in [4.69, 9.17) is 9.47 Å². The Morgan fingerprint density at radius 2 is 1.87 bits per heavy atom. The monoisotopic (exact) mass is 445 g/mol. The lowest BCUT2D eigenvalue weighted by molar-refractivity contribution is -0.117. The van der Waals surface area contributed by atoms with Gasteiger partial charge in [-0.3, -0.25) is 13.9 Å². The van der Waals surface area contributed by atoms with Crippen LogP contribution in [0, 0.1) is 0 Å². The number of sulfonamides is 1. The molecule has 2 aromatic carbocycles. The van der Waals surface area contributed by atoms with Gasteiger partial charge >= 0.3 is 0 Å². The minimum absolute atomic E-state index is 0.0683. The number of ether oxygens (including phenoxy) is 2. The molecule has 1 N–H and O–H groups in total. The van der Waals surface area contributed by atoms with Gasteiger partial charge < -0.3 is 19.7 Å². The van der Waals surface area contributed by atoms with Gasteiger partial charge in [0.1, 0.15) is 6.54 Å². The molecule has 1 fully saturated rings. The maximum absolute atomic E-state index is 12.6. The van der Waals surface area contributed by atoms with Crippen LogP contribution >= 0.6 is 0 Å². The average molecular weight is 445 g/mol. The summed E-state index contributed by atoms with van der Waals surface area (Å²) in [5.74, 6) is 0.397. The van der Waals surface area contributed by atoms with Crippen molar-refractivity contribution in [3.05, 3.63) is 42.5 Å². The Kier molecular flexibility index (Phi) is 5.73. The molecule has 9 nitrogen and oxygen atoms in total. The van der Waals surface area contributed by atoms with Crippen LogP contribution in [0.5, 0.6) is 11.5 Å². The molecule has 2 aliphatic heterocycles. The average Bonchev–Trinajstić information content (AvgIpc) is 3.40. The number of nitrogens with one attached hydrogen (secondary N) is 1. The number of carbonyl (C=O) groups is 2. The van der Waals surface area contributed by atoms with Gasteiger partial charge in [-0.2, -0.15) is 0 Å². The normalized spacial score (nSPS) is 15.3. The Labute approximate surface area is 180 Å². The molecule has 2 aliphatic rings. The first-order chi connectivity index (χ1) is 14.9. The number of rotatable bonds is 7. The highest BCUT2D eigenvalue weighted by Crippen LogP contribution is 2.36. The highest BCUT2D eigenvalue weighted by Gasteiger charge is 2.26. The summed E-state index contributed by atoms with van der Waals surface area (Å²) in [4.78, 5) is 26.2. The summed E-state index contributed by atoms with van der Waals surface area (Å²) in [5, 5.41) is 2.72. The first kappa shape index (κ1) is 21.0. The molecule has 2 heterocycles. The third kappa shape index (κ3) is 4.43. The zero-order valence-electron chi connectivity index (χ0n) is 17.0. The molecule has 164 valence electrons. The van der Waals surface area contributed by atoms with Crippen molar-refractivity contribution in [2.75, 3.05) is 40.2 Å². The van der Waals surface area contributed by atoms with Crippen molar-refractivity contribution in [2.24, 2.45) is 0 Å². The van der Waals surface area contributed by atoms with Gasteiger partial charge in [-0.1, -0.05) is 0 Å². The van der Waals surface area contributed by atoms with E-state index in [0.29, 0.717) is 35.8 Å². The van der Waals surface area contributed by atoms with Crippen LogP contribution in [0.15, 0.2) is 42.5 Å². The van der Waals surface area contributed by atoms with Crippen LogP contribution in [0.2, 0.25) is 0 Å². The van der Waals surface area contributed by atoms with Gasteiger partial charge in [0.25, 0.3) is 0 Å². The largest absolute Gasteiger partial charge is 0.454 e. The van der Waals surface area contributed by atoms with E-state index >= 15 is 0 Å². The minimum atomic E-state index is -3.71. The molecule has 10 heteroatoms. The van der Waals surface area contributed by atoms with Crippen LogP contribution in [-0.2, 0) is 19.6 Å².